The highest BCUT2D eigenvalue weighted by Gasteiger charge is 2.11. The zero-order chi connectivity index (χ0) is 18.0. The third-order valence-electron chi connectivity index (χ3n) is 5.53. The van der Waals surface area contributed by atoms with Gasteiger partial charge in [-0.15, -0.1) is 0 Å². The van der Waals surface area contributed by atoms with Crippen LogP contribution in [0.4, 0.5) is 0 Å². The molecule has 0 aromatic heterocycles. The lowest BCUT2D eigenvalue weighted by Crippen LogP contribution is -2.08. The number of carboxylic acids is 1. The SMILES string of the molecule is CCCCCCCCCCCC(C)C(C)CCCCCCC(=O)O. The van der Waals surface area contributed by atoms with Crippen molar-refractivity contribution in [3.8, 4) is 0 Å². The Kier molecular flexibility index (Phi) is 16.9. The summed E-state index contributed by atoms with van der Waals surface area (Å²) in [5.41, 5.74) is 0. The Morgan fingerprint density at radius 3 is 1.46 bits per heavy atom. The lowest BCUT2D eigenvalue weighted by molar-refractivity contribution is -0.137. The molecule has 2 nitrogen and oxygen atoms in total. The summed E-state index contributed by atoms with van der Waals surface area (Å²) in [5, 5.41) is 8.62. The average molecular weight is 341 g/mol. The molecule has 2 heteroatoms. The fourth-order valence-electron chi connectivity index (χ4n) is 3.44. The molecule has 0 saturated carbocycles. The molecule has 24 heavy (non-hydrogen) atoms. The van der Waals surface area contributed by atoms with Crippen LogP contribution in [0.3, 0.4) is 0 Å². The molecule has 0 bridgehead atoms. The van der Waals surface area contributed by atoms with E-state index in [9.17, 15) is 4.79 Å². The van der Waals surface area contributed by atoms with Gasteiger partial charge in [-0.3, -0.25) is 4.79 Å². The molecule has 2 unspecified atom stereocenters. The van der Waals surface area contributed by atoms with Gasteiger partial charge < -0.3 is 5.11 Å². The standard InChI is InChI=1S/C22H44O2/c1-4-5-6-7-8-9-10-11-14-17-20(2)21(3)18-15-12-13-16-19-22(23)24/h20-21H,4-19H2,1-3H3,(H,23,24). The third-order valence-corrected chi connectivity index (χ3v) is 5.53. The van der Waals surface area contributed by atoms with Crippen LogP contribution in [0.1, 0.15) is 124 Å². The highest BCUT2D eigenvalue weighted by Crippen LogP contribution is 2.24. The maximum atomic E-state index is 10.5. The summed E-state index contributed by atoms with van der Waals surface area (Å²) in [6.45, 7) is 7.09. The Labute approximate surface area is 151 Å². The van der Waals surface area contributed by atoms with Gasteiger partial charge in [0, 0.05) is 6.42 Å². The van der Waals surface area contributed by atoms with Gasteiger partial charge in [-0.05, 0) is 18.3 Å². The second-order valence-electron chi connectivity index (χ2n) is 7.92. The molecule has 0 spiro atoms. The lowest BCUT2D eigenvalue weighted by Gasteiger charge is -2.19. The number of unbranched alkanes of at least 4 members (excludes halogenated alkanes) is 11. The molecule has 0 aliphatic rings. The smallest absolute Gasteiger partial charge is 0.303 e. The molecule has 1 N–H and O–H groups in total. The molecule has 0 radical (unpaired) electrons. The van der Waals surface area contributed by atoms with E-state index in [2.05, 4.69) is 20.8 Å². The normalized spacial score (nSPS) is 13.8. The molecule has 0 aliphatic heterocycles. The van der Waals surface area contributed by atoms with Gasteiger partial charge in [-0.25, -0.2) is 0 Å². The van der Waals surface area contributed by atoms with Gasteiger partial charge in [-0.2, -0.15) is 0 Å². The summed E-state index contributed by atoms with van der Waals surface area (Å²) in [5.74, 6) is 1.00. The molecule has 0 fully saturated rings. The summed E-state index contributed by atoms with van der Waals surface area (Å²) in [6.07, 6.45) is 20.2. The topological polar surface area (TPSA) is 37.3 Å². The van der Waals surface area contributed by atoms with Crippen molar-refractivity contribution in [2.75, 3.05) is 0 Å². The van der Waals surface area contributed by atoms with E-state index in [1.807, 2.05) is 0 Å². The zero-order valence-electron chi connectivity index (χ0n) is 16.8. The summed E-state index contributed by atoms with van der Waals surface area (Å²) in [6, 6.07) is 0. The second-order valence-corrected chi connectivity index (χ2v) is 7.92. The third kappa shape index (κ3) is 16.3. The predicted octanol–water partition coefficient (Wildman–Crippen LogP) is 7.60. The van der Waals surface area contributed by atoms with Crippen LogP contribution in [-0.4, -0.2) is 11.1 Å². The summed E-state index contributed by atoms with van der Waals surface area (Å²) < 4.78 is 0. The fourth-order valence-corrected chi connectivity index (χ4v) is 3.44. The van der Waals surface area contributed by atoms with Crippen molar-refractivity contribution in [1.82, 2.24) is 0 Å². The van der Waals surface area contributed by atoms with E-state index in [1.54, 1.807) is 0 Å². The summed E-state index contributed by atoms with van der Waals surface area (Å²) >= 11 is 0. The van der Waals surface area contributed by atoms with Crippen molar-refractivity contribution in [3.05, 3.63) is 0 Å². The zero-order valence-corrected chi connectivity index (χ0v) is 16.8. The van der Waals surface area contributed by atoms with E-state index in [0.717, 1.165) is 24.7 Å². The number of carboxylic acid groups (broad SMARTS) is 1. The predicted molar refractivity (Wildman–Crippen MR) is 106 cm³/mol. The lowest BCUT2D eigenvalue weighted by atomic mass is 9.86. The van der Waals surface area contributed by atoms with Crippen molar-refractivity contribution < 1.29 is 9.90 Å². The number of rotatable bonds is 18. The fraction of sp³-hybridized carbons (Fsp3) is 0.955. The minimum atomic E-state index is -0.655. The van der Waals surface area contributed by atoms with Crippen LogP contribution in [-0.2, 0) is 4.79 Å². The largest absolute Gasteiger partial charge is 0.481 e. The molecule has 0 aromatic rings. The highest BCUT2D eigenvalue weighted by atomic mass is 16.4. The molecule has 0 rings (SSSR count). The molecule has 144 valence electrons. The van der Waals surface area contributed by atoms with Crippen molar-refractivity contribution >= 4 is 5.97 Å². The molecule has 2 atom stereocenters. The van der Waals surface area contributed by atoms with Gasteiger partial charge in [0.15, 0.2) is 0 Å². The van der Waals surface area contributed by atoms with Gasteiger partial charge in [-0.1, -0.05) is 111 Å². The van der Waals surface area contributed by atoms with Gasteiger partial charge >= 0.3 is 5.97 Å². The highest BCUT2D eigenvalue weighted by molar-refractivity contribution is 5.66. The molecule has 0 aliphatic carbocycles. The first kappa shape index (κ1) is 23.5. The minimum Gasteiger partial charge on any atom is -0.481 e. The van der Waals surface area contributed by atoms with Gasteiger partial charge in [0.25, 0.3) is 0 Å². The van der Waals surface area contributed by atoms with Crippen LogP contribution in [0, 0.1) is 11.8 Å². The van der Waals surface area contributed by atoms with Crippen LogP contribution >= 0.6 is 0 Å². The second kappa shape index (κ2) is 17.3. The Morgan fingerprint density at radius 1 is 0.667 bits per heavy atom. The van der Waals surface area contributed by atoms with Crippen LogP contribution in [0.25, 0.3) is 0 Å². The molecular weight excluding hydrogens is 296 g/mol. The van der Waals surface area contributed by atoms with E-state index in [1.165, 1.54) is 83.5 Å². The molecule has 0 amide bonds. The van der Waals surface area contributed by atoms with Crippen LogP contribution < -0.4 is 0 Å². The van der Waals surface area contributed by atoms with E-state index in [0.29, 0.717) is 6.42 Å². The summed E-state index contributed by atoms with van der Waals surface area (Å²) in [7, 11) is 0. The molecular formula is C22H44O2. The van der Waals surface area contributed by atoms with E-state index < -0.39 is 5.97 Å². The van der Waals surface area contributed by atoms with E-state index in [-0.39, 0.29) is 0 Å². The van der Waals surface area contributed by atoms with Crippen molar-refractivity contribution in [3.63, 3.8) is 0 Å². The van der Waals surface area contributed by atoms with Crippen LogP contribution in [0.15, 0.2) is 0 Å². The number of hydrogen-bond acceptors (Lipinski definition) is 1. The monoisotopic (exact) mass is 340 g/mol. The number of hydrogen-bond donors (Lipinski definition) is 1. The minimum absolute atomic E-state index is 0.338. The first-order valence-corrected chi connectivity index (χ1v) is 10.8. The van der Waals surface area contributed by atoms with Crippen LogP contribution in [0.2, 0.25) is 0 Å². The van der Waals surface area contributed by atoms with Gasteiger partial charge in [0.1, 0.15) is 0 Å². The Hall–Kier alpha value is -0.530. The van der Waals surface area contributed by atoms with E-state index >= 15 is 0 Å². The first-order chi connectivity index (χ1) is 11.6. The van der Waals surface area contributed by atoms with E-state index in [4.69, 9.17) is 5.11 Å². The number of aliphatic carboxylic acids is 1. The van der Waals surface area contributed by atoms with Gasteiger partial charge in [0.05, 0.1) is 0 Å². The van der Waals surface area contributed by atoms with Gasteiger partial charge in [0.2, 0.25) is 0 Å². The quantitative estimate of drug-likeness (QED) is 0.261. The van der Waals surface area contributed by atoms with Crippen molar-refractivity contribution in [1.29, 1.82) is 0 Å². The maximum Gasteiger partial charge on any atom is 0.303 e. The summed E-state index contributed by atoms with van der Waals surface area (Å²) in [4.78, 5) is 10.5. The average Bonchev–Trinajstić information content (AvgIpc) is 2.55. The molecule has 0 aromatic carbocycles. The molecule has 0 saturated heterocycles. The van der Waals surface area contributed by atoms with Crippen molar-refractivity contribution in [2.24, 2.45) is 11.8 Å². The van der Waals surface area contributed by atoms with Crippen molar-refractivity contribution in [2.45, 2.75) is 124 Å². The van der Waals surface area contributed by atoms with Crippen LogP contribution in [0.5, 0.6) is 0 Å². The Morgan fingerprint density at radius 2 is 1.04 bits per heavy atom. The molecule has 0 heterocycles. The first-order valence-electron chi connectivity index (χ1n) is 10.8. The maximum absolute atomic E-state index is 10.5. The Bertz CT molecular complexity index is 275. The Balaban J connectivity index is 3.36. The number of carbonyl (C=O) groups is 1.